The molecule has 0 bridgehead atoms. The summed E-state index contributed by atoms with van der Waals surface area (Å²) < 4.78 is 6.11. The highest BCUT2D eigenvalue weighted by Gasteiger charge is 2.20. The van der Waals surface area contributed by atoms with Crippen molar-refractivity contribution in [3.05, 3.63) is 76.9 Å². The maximum absolute atomic E-state index is 12.7. The van der Waals surface area contributed by atoms with Crippen LogP contribution >= 0.6 is 11.6 Å². The Hall–Kier alpha value is -3.05. The monoisotopic (exact) mass is 451 g/mol. The van der Waals surface area contributed by atoms with Crippen molar-refractivity contribution in [3.8, 4) is 11.6 Å². The number of rotatable bonds is 4. The Labute approximate surface area is 195 Å². The van der Waals surface area contributed by atoms with E-state index in [4.69, 9.17) is 16.3 Å². The molecule has 0 saturated carbocycles. The molecule has 0 aliphatic carbocycles. The standard InChI is InChI=1S/C26H30ClN3O2/c1-25(2,3)17-11-13-19(14-12-17)29-24(31)30-21-15-18(27)16-28-23(21)32-22-10-8-7-9-20(22)26(4,5)6/h7-16H,1-6H3,(H2,29,30,31). The first-order valence-electron chi connectivity index (χ1n) is 10.5. The lowest BCUT2D eigenvalue weighted by Crippen LogP contribution is -2.20. The van der Waals surface area contributed by atoms with Crippen LogP contribution < -0.4 is 15.4 Å². The number of carbonyl (C=O) groups is 1. The van der Waals surface area contributed by atoms with Gasteiger partial charge in [0.2, 0.25) is 5.88 Å². The zero-order chi connectivity index (χ0) is 23.5. The third kappa shape index (κ3) is 6.01. The summed E-state index contributed by atoms with van der Waals surface area (Å²) in [5.74, 6) is 0.945. The highest BCUT2D eigenvalue weighted by molar-refractivity contribution is 6.30. The van der Waals surface area contributed by atoms with E-state index >= 15 is 0 Å². The maximum atomic E-state index is 12.7. The number of para-hydroxylation sites is 1. The van der Waals surface area contributed by atoms with Crippen LogP contribution in [0.5, 0.6) is 11.6 Å². The molecule has 3 rings (SSSR count). The van der Waals surface area contributed by atoms with Crippen molar-refractivity contribution in [3.63, 3.8) is 0 Å². The normalized spacial score (nSPS) is 11.7. The number of nitrogens with one attached hydrogen (secondary N) is 2. The van der Waals surface area contributed by atoms with Gasteiger partial charge in [0.25, 0.3) is 0 Å². The van der Waals surface area contributed by atoms with Crippen LogP contribution in [0.25, 0.3) is 0 Å². The van der Waals surface area contributed by atoms with Crippen molar-refractivity contribution in [1.29, 1.82) is 0 Å². The van der Waals surface area contributed by atoms with Crippen LogP contribution in [0, 0.1) is 0 Å². The average molecular weight is 452 g/mol. The zero-order valence-corrected chi connectivity index (χ0v) is 20.2. The Bertz CT molecular complexity index is 1100. The van der Waals surface area contributed by atoms with E-state index < -0.39 is 6.03 Å². The number of halogens is 1. The van der Waals surface area contributed by atoms with E-state index in [-0.39, 0.29) is 16.7 Å². The number of benzene rings is 2. The van der Waals surface area contributed by atoms with Crippen molar-refractivity contribution in [2.45, 2.75) is 52.4 Å². The third-order valence-corrected chi connectivity index (χ3v) is 5.18. The van der Waals surface area contributed by atoms with Crippen molar-refractivity contribution in [1.82, 2.24) is 4.98 Å². The van der Waals surface area contributed by atoms with Gasteiger partial charge in [-0.3, -0.25) is 0 Å². The number of aromatic nitrogens is 1. The van der Waals surface area contributed by atoms with Crippen LogP contribution in [-0.4, -0.2) is 11.0 Å². The number of carbonyl (C=O) groups excluding carboxylic acids is 1. The van der Waals surface area contributed by atoms with Gasteiger partial charge in [-0.25, -0.2) is 9.78 Å². The molecule has 6 heteroatoms. The van der Waals surface area contributed by atoms with Gasteiger partial charge >= 0.3 is 6.03 Å². The van der Waals surface area contributed by atoms with Gasteiger partial charge in [-0.15, -0.1) is 0 Å². The lowest BCUT2D eigenvalue weighted by Gasteiger charge is -2.23. The molecule has 5 nitrogen and oxygen atoms in total. The lowest BCUT2D eigenvalue weighted by molar-refractivity contribution is 0.262. The predicted octanol–water partition coefficient (Wildman–Crippen LogP) is 7.77. The summed E-state index contributed by atoms with van der Waals surface area (Å²) in [7, 11) is 0. The van der Waals surface area contributed by atoms with Crippen molar-refractivity contribution in [2.24, 2.45) is 0 Å². The van der Waals surface area contributed by atoms with E-state index in [1.807, 2.05) is 48.5 Å². The van der Waals surface area contributed by atoms with E-state index in [0.29, 0.717) is 22.1 Å². The number of pyridine rings is 1. The Kier molecular flexibility index (Phi) is 6.79. The van der Waals surface area contributed by atoms with Gasteiger partial charge in [0, 0.05) is 17.4 Å². The first-order valence-corrected chi connectivity index (χ1v) is 10.9. The molecule has 0 fully saturated rings. The highest BCUT2D eigenvalue weighted by Crippen LogP contribution is 2.36. The molecule has 32 heavy (non-hydrogen) atoms. The molecule has 2 aromatic carbocycles. The number of anilines is 2. The van der Waals surface area contributed by atoms with Crippen LogP contribution in [0.4, 0.5) is 16.2 Å². The Morgan fingerprint density at radius 2 is 1.56 bits per heavy atom. The van der Waals surface area contributed by atoms with Gasteiger partial charge in [0.15, 0.2) is 0 Å². The van der Waals surface area contributed by atoms with Crippen molar-refractivity contribution < 1.29 is 9.53 Å². The molecule has 0 radical (unpaired) electrons. The van der Waals surface area contributed by atoms with Crippen LogP contribution in [0.2, 0.25) is 5.02 Å². The summed E-state index contributed by atoms with van der Waals surface area (Å²) in [6.07, 6.45) is 1.49. The van der Waals surface area contributed by atoms with E-state index in [1.54, 1.807) is 6.07 Å². The predicted molar refractivity (Wildman–Crippen MR) is 132 cm³/mol. The molecule has 3 aromatic rings. The average Bonchev–Trinajstić information content (AvgIpc) is 2.69. The smallest absolute Gasteiger partial charge is 0.323 e. The number of urea groups is 1. The molecule has 168 valence electrons. The van der Waals surface area contributed by atoms with Gasteiger partial charge < -0.3 is 15.4 Å². The highest BCUT2D eigenvalue weighted by atomic mass is 35.5. The minimum atomic E-state index is -0.411. The fourth-order valence-electron chi connectivity index (χ4n) is 3.22. The van der Waals surface area contributed by atoms with E-state index in [0.717, 1.165) is 5.56 Å². The first kappa shape index (κ1) is 23.6. The van der Waals surface area contributed by atoms with Crippen LogP contribution in [0.3, 0.4) is 0 Å². The molecule has 0 aliphatic rings. The van der Waals surface area contributed by atoms with Gasteiger partial charge in [0.1, 0.15) is 11.4 Å². The zero-order valence-electron chi connectivity index (χ0n) is 19.4. The maximum Gasteiger partial charge on any atom is 0.323 e. The summed E-state index contributed by atoms with van der Waals surface area (Å²) in [6.45, 7) is 12.8. The SMILES string of the molecule is CC(C)(C)c1ccc(NC(=O)Nc2cc(Cl)cnc2Oc2ccccc2C(C)(C)C)cc1. The minimum absolute atomic E-state index is 0.0445. The second-order valence-electron chi connectivity index (χ2n) is 9.76. The molecule has 1 heterocycles. The number of ether oxygens (including phenoxy) is 1. The Morgan fingerprint density at radius 1 is 0.906 bits per heavy atom. The fraction of sp³-hybridized carbons (Fsp3) is 0.308. The summed E-state index contributed by atoms with van der Waals surface area (Å²) in [6, 6.07) is 16.8. The van der Waals surface area contributed by atoms with E-state index in [9.17, 15) is 4.79 Å². The number of amides is 2. The largest absolute Gasteiger partial charge is 0.437 e. The van der Waals surface area contributed by atoms with Gasteiger partial charge in [-0.05, 0) is 40.7 Å². The molecule has 0 aliphatic heterocycles. The van der Waals surface area contributed by atoms with Gasteiger partial charge in [0.05, 0.1) is 5.02 Å². The second kappa shape index (κ2) is 9.21. The second-order valence-corrected chi connectivity index (χ2v) is 10.2. The lowest BCUT2D eigenvalue weighted by atomic mass is 9.86. The molecule has 0 atom stereocenters. The summed E-state index contributed by atoms with van der Waals surface area (Å²) in [5.41, 5.74) is 3.22. The van der Waals surface area contributed by atoms with Crippen LogP contribution in [0.15, 0.2) is 60.8 Å². The molecule has 0 spiro atoms. The van der Waals surface area contributed by atoms with Gasteiger partial charge in [-0.1, -0.05) is 83.5 Å². The summed E-state index contributed by atoms with van der Waals surface area (Å²) in [4.78, 5) is 17.0. The number of hydrogen-bond donors (Lipinski definition) is 2. The Balaban J connectivity index is 1.80. The molecular weight excluding hydrogens is 422 g/mol. The van der Waals surface area contributed by atoms with Crippen LogP contribution in [0.1, 0.15) is 52.7 Å². The summed E-state index contributed by atoms with van der Waals surface area (Å²) in [5, 5.41) is 6.03. The van der Waals surface area contributed by atoms with Crippen molar-refractivity contribution >= 4 is 29.0 Å². The molecular formula is C26H30ClN3O2. The van der Waals surface area contributed by atoms with E-state index in [1.165, 1.54) is 11.8 Å². The minimum Gasteiger partial charge on any atom is -0.437 e. The molecule has 2 amide bonds. The topological polar surface area (TPSA) is 63.2 Å². The molecule has 1 aromatic heterocycles. The van der Waals surface area contributed by atoms with Crippen molar-refractivity contribution in [2.75, 3.05) is 10.6 Å². The quantitative estimate of drug-likeness (QED) is 0.425. The van der Waals surface area contributed by atoms with E-state index in [2.05, 4.69) is 57.2 Å². The van der Waals surface area contributed by atoms with Crippen LogP contribution in [-0.2, 0) is 10.8 Å². The third-order valence-electron chi connectivity index (χ3n) is 4.98. The fourth-order valence-corrected chi connectivity index (χ4v) is 3.37. The molecule has 2 N–H and O–H groups in total. The first-order chi connectivity index (χ1) is 14.9. The molecule has 0 saturated heterocycles. The molecule has 0 unspecified atom stereocenters. The Morgan fingerprint density at radius 3 is 2.19 bits per heavy atom. The number of hydrogen-bond acceptors (Lipinski definition) is 3. The summed E-state index contributed by atoms with van der Waals surface area (Å²) >= 11 is 6.14. The van der Waals surface area contributed by atoms with Gasteiger partial charge in [-0.2, -0.15) is 0 Å². The number of nitrogens with zero attached hydrogens (tertiary/aromatic N) is 1.